The lowest BCUT2D eigenvalue weighted by molar-refractivity contribution is -0.0496. The molecule has 1 aromatic rings. The third-order valence-corrected chi connectivity index (χ3v) is 6.24. The van der Waals surface area contributed by atoms with Gasteiger partial charge in [-0.05, 0) is 38.2 Å². The molecule has 0 saturated carbocycles. The normalized spacial score (nSPS) is 17.5. The molecule has 2 N–H and O–H groups in total. The number of halogens is 3. The van der Waals surface area contributed by atoms with Gasteiger partial charge in [-0.1, -0.05) is 29.8 Å². The summed E-state index contributed by atoms with van der Waals surface area (Å²) >= 11 is 0. The Bertz CT molecular complexity index is 773. The smallest absolute Gasteiger partial charge is 0.357 e. The number of nitrogens with one attached hydrogen (secondary N) is 2. The number of sulfonamides is 1. The summed E-state index contributed by atoms with van der Waals surface area (Å²) in [6.45, 7) is 5.45. The summed E-state index contributed by atoms with van der Waals surface area (Å²) in [5.74, 6) is 0.719. The van der Waals surface area contributed by atoms with Crippen LogP contribution in [0.5, 0.6) is 0 Å². The minimum absolute atomic E-state index is 0.0857. The molecule has 1 heterocycles. The standard InChI is InChI=1S/C18H27F3N4O2S/c1-3-22-17(24-13-16-6-4-5-14(2)11-16)23-12-15-7-9-25(10-8-15)28(26,27)18(19,20)21/h4-6,11,15H,3,7-10,12-13H2,1-2H3,(H2,22,23,24). The first-order chi connectivity index (χ1) is 13.1. The van der Waals surface area contributed by atoms with Crippen molar-refractivity contribution in [2.45, 2.75) is 38.7 Å². The van der Waals surface area contributed by atoms with Crippen LogP contribution >= 0.6 is 0 Å². The van der Waals surface area contributed by atoms with Crippen molar-refractivity contribution in [1.82, 2.24) is 14.9 Å². The lowest BCUT2D eigenvalue weighted by Crippen LogP contribution is -2.47. The number of rotatable bonds is 6. The minimum Gasteiger partial charge on any atom is -0.357 e. The number of alkyl halides is 3. The fourth-order valence-electron chi connectivity index (χ4n) is 3.06. The molecule has 0 aromatic heterocycles. The molecule has 0 bridgehead atoms. The molecule has 1 saturated heterocycles. The van der Waals surface area contributed by atoms with Crippen LogP contribution in [0.1, 0.15) is 30.9 Å². The van der Waals surface area contributed by atoms with Gasteiger partial charge in [0, 0.05) is 26.2 Å². The molecular formula is C18H27F3N4O2S. The van der Waals surface area contributed by atoms with Gasteiger partial charge in [0.2, 0.25) is 0 Å². The van der Waals surface area contributed by atoms with Gasteiger partial charge < -0.3 is 10.6 Å². The minimum atomic E-state index is -5.24. The van der Waals surface area contributed by atoms with Crippen molar-refractivity contribution in [3.8, 4) is 0 Å². The van der Waals surface area contributed by atoms with E-state index in [4.69, 9.17) is 0 Å². The quantitative estimate of drug-likeness (QED) is 0.548. The van der Waals surface area contributed by atoms with Crippen molar-refractivity contribution in [3.05, 3.63) is 35.4 Å². The Kier molecular flexibility index (Phi) is 7.70. The molecule has 158 valence electrons. The maximum atomic E-state index is 12.6. The van der Waals surface area contributed by atoms with Crippen LogP contribution in [0.2, 0.25) is 0 Å². The highest BCUT2D eigenvalue weighted by Gasteiger charge is 2.50. The number of hydrogen-bond donors (Lipinski definition) is 2. The molecule has 0 radical (unpaired) electrons. The van der Waals surface area contributed by atoms with Crippen LogP contribution < -0.4 is 10.6 Å². The van der Waals surface area contributed by atoms with Gasteiger partial charge >= 0.3 is 15.5 Å². The maximum absolute atomic E-state index is 12.6. The third kappa shape index (κ3) is 6.10. The Labute approximate surface area is 164 Å². The van der Waals surface area contributed by atoms with Crippen molar-refractivity contribution in [1.29, 1.82) is 0 Å². The Balaban J connectivity index is 1.87. The van der Waals surface area contributed by atoms with Crippen LogP contribution in [0.15, 0.2) is 29.3 Å². The van der Waals surface area contributed by atoms with E-state index < -0.39 is 15.5 Å². The highest BCUT2D eigenvalue weighted by atomic mass is 32.2. The van der Waals surface area contributed by atoms with Gasteiger partial charge in [0.1, 0.15) is 0 Å². The topological polar surface area (TPSA) is 73.8 Å². The number of benzene rings is 1. The number of piperidine rings is 1. The van der Waals surface area contributed by atoms with Gasteiger partial charge in [-0.15, -0.1) is 0 Å². The van der Waals surface area contributed by atoms with Gasteiger partial charge in [-0.3, -0.25) is 0 Å². The van der Waals surface area contributed by atoms with Crippen molar-refractivity contribution >= 4 is 16.0 Å². The monoisotopic (exact) mass is 420 g/mol. The van der Waals surface area contributed by atoms with Crippen LogP contribution in [0.3, 0.4) is 0 Å². The molecule has 10 heteroatoms. The zero-order valence-corrected chi connectivity index (χ0v) is 16.9. The molecule has 0 spiro atoms. The van der Waals surface area contributed by atoms with Gasteiger partial charge in [-0.2, -0.15) is 17.5 Å². The molecule has 0 unspecified atom stereocenters. The van der Waals surface area contributed by atoms with Crippen LogP contribution in [0.25, 0.3) is 0 Å². The molecule has 28 heavy (non-hydrogen) atoms. The van der Waals surface area contributed by atoms with E-state index in [2.05, 4.69) is 21.7 Å². The summed E-state index contributed by atoms with van der Waals surface area (Å²) in [4.78, 5) is 4.54. The van der Waals surface area contributed by atoms with E-state index in [9.17, 15) is 21.6 Å². The van der Waals surface area contributed by atoms with E-state index in [1.54, 1.807) is 0 Å². The number of aryl methyl sites for hydroxylation is 1. The van der Waals surface area contributed by atoms with E-state index in [-0.39, 0.29) is 19.0 Å². The van der Waals surface area contributed by atoms with Gasteiger partial charge in [0.25, 0.3) is 0 Å². The van der Waals surface area contributed by atoms with E-state index in [0.29, 0.717) is 42.7 Å². The van der Waals surface area contributed by atoms with E-state index in [1.807, 2.05) is 32.0 Å². The average Bonchev–Trinajstić information content (AvgIpc) is 2.63. The van der Waals surface area contributed by atoms with Gasteiger partial charge in [0.05, 0.1) is 6.54 Å². The Morgan fingerprint density at radius 2 is 1.93 bits per heavy atom. The van der Waals surface area contributed by atoms with Crippen molar-refractivity contribution < 1.29 is 21.6 Å². The highest BCUT2D eigenvalue weighted by molar-refractivity contribution is 7.90. The van der Waals surface area contributed by atoms with E-state index >= 15 is 0 Å². The van der Waals surface area contributed by atoms with E-state index in [0.717, 1.165) is 11.1 Å². The molecule has 0 amide bonds. The molecule has 2 rings (SSSR count). The van der Waals surface area contributed by atoms with Gasteiger partial charge in [-0.25, -0.2) is 13.4 Å². The Morgan fingerprint density at radius 1 is 1.25 bits per heavy atom. The van der Waals surface area contributed by atoms with Crippen LogP contribution in [-0.4, -0.2) is 50.4 Å². The second-order valence-corrected chi connectivity index (χ2v) is 8.79. The predicted octanol–water partition coefficient (Wildman–Crippen LogP) is 2.61. The first-order valence-electron chi connectivity index (χ1n) is 9.27. The summed E-state index contributed by atoms with van der Waals surface area (Å²) < 4.78 is 61.4. The second kappa shape index (κ2) is 9.60. The lowest BCUT2D eigenvalue weighted by atomic mass is 9.98. The zero-order chi connectivity index (χ0) is 20.8. The summed E-state index contributed by atoms with van der Waals surface area (Å²) in [7, 11) is -5.23. The van der Waals surface area contributed by atoms with Crippen LogP contribution in [-0.2, 0) is 16.6 Å². The maximum Gasteiger partial charge on any atom is 0.511 e. The Morgan fingerprint density at radius 3 is 2.50 bits per heavy atom. The molecular weight excluding hydrogens is 393 g/mol. The van der Waals surface area contributed by atoms with Crippen LogP contribution in [0.4, 0.5) is 13.2 Å². The zero-order valence-electron chi connectivity index (χ0n) is 16.1. The Hall–Kier alpha value is -1.81. The fraction of sp³-hybridized carbons (Fsp3) is 0.611. The SMILES string of the molecule is CCNC(=NCc1cccc(C)c1)NCC1CCN(S(=O)(=O)C(F)(F)F)CC1. The van der Waals surface area contributed by atoms with Crippen molar-refractivity contribution in [2.75, 3.05) is 26.2 Å². The fourth-order valence-corrected chi connectivity index (χ4v) is 4.05. The van der Waals surface area contributed by atoms with E-state index in [1.165, 1.54) is 0 Å². The molecule has 0 aliphatic carbocycles. The summed E-state index contributed by atoms with van der Waals surface area (Å²) in [5, 5.41) is 6.35. The summed E-state index contributed by atoms with van der Waals surface area (Å²) in [6.07, 6.45) is 0.749. The third-order valence-electron chi connectivity index (χ3n) is 4.61. The number of nitrogens with zero attached hydrogens (tertiary/aromatic N) is 2. The molecule has 1 aromatic carbocycles. The number of aliphatic imine (C=N–C) groups is 1. The highest BCUT2D eigenvalue weighted by Crippen LogP contribution is 2.30. The molecule has 0 atom stereocenters. The summed E-state index contributed by atoms with van der Waals surface area (Å²) in [6, 6.07) is 8.05. The number of guanidine groups is 1. The average molecular weight is 421 g/mol. The number of hydrogen-bond acceptors (Lipinski definition) is 3. The van der Waals surface area contributed by atoms with Crippen molar-refractivity contribution in [3.63, 3.8) is 0 Å². The van der Waals surface area contributed by atoms with Crippen LogP contribution in [0, 0.1) is 12.8 Å². The molecule has 6 nitrogen and oxygen atoms in total. The molecule has 1 aliphatic heterocycles. The first kappa shape index (κ1) is 22.5. The predicted molar refractivity (Wildman–Crippen MR) is 103 cm³/mol. The first-order valence-corrected chi connectivity index (χ1v) is 10.7. The van der Waals surface area contributed by atoms with Gasteiger partial charge in [0.15, 0.2) is 5.96 Å². The molecule has 1 fully saturated rings. The lowest BCUT2D eigenvalue weighted by Gasteiger charge is -2.31. The van der Waals surface area contributed by atoms with Crippen molar-refractivity contribution in [2.24, 2.45) is 10.9 Å². The molecule has 1 aliphatic rings. The largest absolute Gasteiger partial charge is 0.511 e. The summed E-state index contributed by atoms with van der Waals surface area (Å²) in [5.41, 5.74) is -2.99. The second-order valence-electron chi connectivity index (χ2n) is 6.86.